The number of aromatic nitrogens is 2. The van der Waals surface area contributed by atoms with E-state index in [4.69, 9.17) is 39.4 Å². The molecule has 0 bridgehead atoms. The average Bonchev–Trinajstić information content (AvgIpc) is 3.09. The highest BCUT2D eigenvalue weighted by Gasteiger charge is 2.57. The lowest BCUT2D eigenvalue weighted by Crippen LogP contribution is -2.51. The van der Waals surface area contributed by atoms with Gasteiger partial charge >= 0.3 is 5.97 Å². The molecule has 166 valence electrons. The van der Waals surface area contributed by atoms with Gasteiger partial charge in [-0.15, -0.1) is 10.2 Å². The van der Waals surface area contributed by atoms with Crippen molar-refractivity contribution < 1.29 is 14.3 Å². The van der Waals surface area contributed by atoms with Crippen LogP contribution in [0.25, 0.3) is 0 Å². The molecule has 1 unspecified atom stereocenters. The molecule has 1 aliphatic carbocycles. The van der Waals surface area contributed by atoms with E-state index < -0.39 is 27.4 Å². The largest absolute Gasteiger partial charge is 0.424 e. The first-order valence-corrected chi connectivity index (χ1v) is 10.0. The number of ketones is 1. The summed E-state index contributed by atoms with van der Waals surface area (Å²) >= 11 is 12.3. The number of hydrogen-bond donors (Lipinski definition) is 2. The van der Waals surface area contributed by atoms with Crippen molar-refractivity contribution in [3.63, 3.8) is 0 Å². The molecule has 2 aromatic rings. The van der Waals surface area contributed by atoms with Gasteiger partial charge in [0.05, 0.1) is 11.3 Å². The first-order valence-electron chi connectivity index (χ1n) is 9.28. The molecule has 0 saturated heterocycles. The van der Waals surface area contributed by atoms with E-state index in [1.54, 1.807) is 12.1 Å². The molecule has 1 aliphatic heterocycles. The number of nitrogens with zero attached hydrogens (tertiary/aromatic N) is 6. The van der Waals surface area contributed by atoms with Crippen molar-refractivity contribution in [2.75, 3.05) is 5.73 Å². The lowest BCUT2D eigenvalue weighted by Gasteiger charge is -2.35. The number of ether oxygens (including phenoxy) is 1. The van der Waals surface area contributed by atoms with Crippen LogP contribution in [0.5, 0.6) is 0 Å². The van der Waals surface area contributed by atoms with Crippen molar-refractivity contribution in [1.29, 1.82) is 5.26 Å². The third kappa shape index (κ3) is 3.27. The van der Waals surface area contributed by atoms with E-state index in [0.29, 0.717) is 5.69 Å². The second-order valence-electron chi connectivity index (χ2n) is 7.08. The van der Waals surface area contributed by atoms with Gasteiger partial charge in [0.25, 0.3) is 0 Å². The van der Waals surface area contributed by atoms with Gasteiger partial charge in [-0.25, -0.2) is 9.67 Å². The summed E-state index contributed by atoms with van der Waals surface area (Å²) in [5, 5.41) is 21.5. The van der Waals surface area contributed by atoms with Crippen molar-refractivity contribution in [3.8, 4) is 6.07 Å². The van der Waals surface area contributed by atoms with Crippen molar-refractivity contribution in [2.45, 2.75) is 19.4 Å². The molecule has 0 spiro atoms. The van der Waals surface area contributed by atoms with Gasteiger partial charge in [-0.3, -0.25) is 9.59 Å². The minimum Gasteiger partial charge on any atom is -0.424 e. The normalized spacial score (nSPS) is 19.8. The molecule has 0 amide bonds. The summed E-state index contributed by atoms with van der Waals surface area (Å²) in [5.41, 5.74) is 11.1. The van der Waals surface area contributed by atoms with Crippen LogP contribution in [0.1, 0.15) is 12.5 Å². The van der Waals surface area contributed by atoms with Crippen molar-refractivity contribution in [3.05, 3.63) is 51.2 Å². The maximum atomic E-state index is 13.3. The standard InChI is InChI=1S/C20H14Cl2N8O3/c1-8-3-5-10(6-4-8)27-28-14-18(25)29-30-19(14)26-17(24)11-15(33-9(2)31)12(21)13(22)16(32)20(11,30)7-23/h3-6H,1-2H3,(H2,24,26)(H2,25,29). The molecule has 4 rings (SSSR count). The third-order valence-electron chi connectivity index (χ3n) is 4.88. The summed E-state index contributed by atoms with van der Waals surface area (Å²) in [6, 6.07) is 9.04. The SMILES string of the molecule is CC(=O)OC1=C2C(N)=Nc3c(N=Nc4ccc(C)cc4)c(N)nn3C2(C#N)C(=O)C(Cl)=C1Cl. The summed E-state index contributed by atoms with van der Waals surface area (Å²) in [4.78, 5) is 29.1. The molecular weight excluding hydrogens is 471 g/mol. The summed E-state index contributed by atoms with van der Waals surface area (Å²) in [7, 11) is 0. The van der Waals surface area contributed by atoms with Crippen LogP contribution >= 0.6 is 23.2 Å². The lowest BCUT2D eigenvalue weighted by atomic mass is 9.80. The van der Waals surface area contributed by atoms with Crippen LogP contribution in [-0.2, 0) is 19.9 Å². The Bertz CT molecular complexity index is 1400. The Hall–Kier alpha value is -4.01. The summed E-state index contributed by atoms with van der Waals surface area (Å²) < 4.78 is 6.07. The quantitative estimate of drug-likeness (QED) is 0.494. The fourth-order valence-electron chi connectivity index (χ4n) is 3.38. The zero-order valence-electron chi connectivity index (χ0n) is 17.1. The number of esters is 1. The number of nitriles is 1. The molecule has 4 N–H and O–H groups in total. The zero-order valence-corrected chi connectivity index (χ0v) is 18.6. The van der Waals surface area contributed by atoms with Crippen molar-refractivity contribution in [2.24, 2.45) is 21.0 Å². The predicted octanol–water partition coefficient (Wildman–Crippen LogP) is 3.50. The Balaban J connectivity index is 1.97. The van der Waals surface area contributed by atoms with Crippen LogP contribution < -0.4 is 11.5 Å². The van der Waals surface area contributed by atoms with E-state index in [0.717, 1.165) is 17.2 Å². The van der Waals surface area contributed by atoms with E-state index >= 15 is 0 Å². The Kier molecular flexibility index (Phi) is 5.27. The number of hydrogen-bond acceptors (Lipinski definition) is 10. The van der Waals surface area contributed by atoms with Crippen LogP contribution in [0, 0.1) is 18.3 Å². The molecule has 2 heterocycles. The van der Waals surface area contributed by atoms with Crippen LogP contribution in [0.4, 0.5) is 23.0 Å². The maximum Gasteiger partial charge on any atom is 0.308 e. The van der Waals surface area contributed by atoms with Gasteiger partial charge in [-0.05, 0) is 19.1 Å². The van der Waals surface area contributed by atoms with Crippen LogP contribution in [0.2, 0.25) is 0 Å². The Morgan fingerprint density at radius 2 is 1.88 bits per heavy atom. The van der Waals surface area contributed by atoms with Crippen molar-refractivity contribution in [1.82, 2.24) is 9.78 Å². The van der Waals surface area contributed by atoms with Crippen LogP contribution in [0.15, 0.2) is 60.9 Å². The number of carbonyl (C=O) groups excluding carboxylic acids is 2. The number of azo groups is 1. The molecule has 11 nitrogen and oxygen atoms in total. The average molecular weight is 485 g/mol. The van der Waals surface area contributed by atoms with E-state index in [1.807, 2.05) is 25.1 Å². The highest BCUT2D eigenvalue weighted by molar-refractivity contribution is 6.52. The number of nitrogen functional groups attached to an aromatic ring is 1. The summed E-state index contributed by atoms with van der Waals surface area (Å²) in [6.45, 7) is 3.03. The van der Waals surface area contributed by atoms with Crippen LogP contribution in [-0.4, -0.2) is 27.4 Å². The number of amidine groups is 1. The first-order chi connectivity index (χ1) is 15.6. The molecule has 0 saturated carbocycles. The molecule has 1 aromatic heterocycles. The third-order valence-corrected chi connectivity index (χ3v) is 5.70. The Morgan fingerprint density at radius 1 is 1.21 bits per heavy atom. The van der Waals surface area contributed by atoms with Gasteiger partial charge < -0.3 is 16.2 Å². The molecule has 0 fully saturated rings. The number of fused-ring (bicyclic) bond motifs is 3. The second kappa shape index (κ2) is 7.84. The zero-order chi connectivity index (χ0) is 24.1. The van der Waals surface area contributed by atoms with Gasteiger partial charge in [0.1, 0.15) is 22.0 Å². The molecule has 1 atom stereocenters. The molecule has 2 aliphatic rings. The monoisotopic (exact) mass is 484 g/mol. The molecule has 33 heavy (non-hydrogen) atoms. The number of aryl methyl sites for hydroxylation is 1. The molecular formula is C20H14Cl2N8O3. The van der Waals surface area contributed by atoms with Gasteiger partial charge in [0, 0.05) is 6.92 Å². The van der Waals surface area contributed by atoms with Gasteiger partial charge in [-0.1, -0.05) is 40.9 Å². The van der Waals surface area contributed by atoms with Crippen molar-refractivity contribution >= 4 is 63.8 Å². The minimum absolute atomic E-state index is 0.0224. The Labute approximate surface area is 196 Å². The fourth-order valence-corrected chi connectivity index (χ4v) is 3.82. The van der Waals surface area contributed by atoms with E-state index in [2.05, 4.69) is 20.3 Å². The minimum atomic E-state index is -2.28. The number of Topliss-reactive ketones (excluding diaryl/α,β-unsaturated/α-hetero) is 1. The fraction of sp³-hybridized carbons (Fsp3) is 0.150. The lowest BCUT2D eigenvalue weighted by molar-refractivity contribution is -0.137. The number of aliphatic imine (C=N–C) groups is 1. The molecule has 1 aromatic carbocycles. The summed E-state index contributed by atoms with van der Waals surface area (Å²) in [5.74, 6) is -2.73. The van der Waals surface area contributed by atoms with E-state index in [1.165, 1.54) is 0 Å². The number of rotatable bonds is 3. The predicted molar refractivity (Wildman–Crippen MR) is 119 cm³/mol. The molecule has 0 radical (unpaired) electrons. The van der Waals surface area contributed by atoms with Gasteiger partial charge in [0.2, 0.25) is 11.3 Å². The summed E-state index contributed by atoms with van der Waals surface area (Å²) in [6.07, 6.45) is 0. The Morgan fingerprint density at radius 3 is 2.48 bits per heavy atom. The number of halogens is 2. The smallest absolute Gasteiger partial charge is 0.308 e. The number of carbonyl (C=O) groups is 2. The number of benzene rings is 1. The first kappa shape index (κ1) is 22.2. The highest BCUT2D eigenvalue weighted by atomic mass is 35.5. The number of allylic oxidation sites excluding steroid dienone is 2. The molecule has 13 heteroatoms. The maximum absolute atomic E-state index is 13.3. The van der Waals surface area contributed by atoms with E-state index in [-0.39, 0.29) is 34.5 Å². The van der Waals surface area contributed by atoms with Gasteiger partial charge in [0.15, 0.2) is 23.1 Å². The second-order valence-corrected chi connectivity index (χ2v) is 7.83. The highest BCUT2D eigenvalue weighted by Crippen LogP contribution is 2.50. The topological polar surface area (TPSA) is 174 Å². The van der Waals surface area contributed by atoms with E-state index in [9.17, 15) is 14.9 Å². The van der Waals surface area contributed by atoms with Crippen LogP contribution in [0.3, 0.4) is 0 Å². The number of nitrogens with two attached hydrogens (primary N) is 2. The van der Waals surface area contributed by atoms with Gasteiger partial charge in [-0.2, -0.15) is 10.4 Å². The number of anilines is 1.